The van der Waals surface area contributed by atoms with Crippen molar-refractivity contribution in [3.05, 3.63) is 23.8 Å². The van der Waals surface area contributed by atoms with Crippen LogP contribution in [0.2, 0.25) is 0 Å². The van der Waals surface area contributed by atoms with Gasteiger partial charge in [0.1, 0.15) is 24.2 Å². The zero-order valence-corrected chi connectivity index (χ0v) is 12.8. The first-order valence-corrected chi connectivity index (χ1v) is 7.68. The Morgan fingerprint density at radius 1 is 1.29 bits per heavy atom. The highest BCUT2D eigenvalue weighted by molar-refractivity contribution is 5.44. The molecular formula is C16H24N2O3. The van der Waals surface area contributed by atoms with Gasteiger partial charge in [0.05, 0.1) is 13.2 Å². The molecule has 2 aliphatic rings. The molecule has 2 aliphatic heterocycles. The number of likely N-dealkylation sites (N-methyl/N-ethyl adjacent to an activating group) is 1. The lowest BCUT2D eigenvalue weighted by Gasteiger charge is -2.43. The summed E-state index contributed by atoms with van der Waals surface area (Å²) in [6.45, 7) is 7.71. The van der Waals surface area contributed by atoms with Gasteiger partial charge in [0.25, 0.3) is 0 Å². The van der Waals surface area contributed by atoms with E-state index in [0.29, 0.717) is 6.61 Å². The average Bonchev–Trinajstić information content (AvgIpc) is 2.54. The van der Waals surface area contributed by atoms with Crippen molar-refractivity contribution in [3.63, 3.8) is 0 Å². The maximum Gasteiger partial charge on any atom is 0.124 e. The van der Waals surface area contributed by atoms with Gasteiger partial charge in [0, 0.05) is 31.7 Å². The van der Waals surface area contributed by atoms with E-state index in [2.05, 4.69) is 16.7 Å². The molecule has 21 heavy (non-hydrogen) atoms. The van der Waals surface area contributed by atoms with Gasteiger partial charge in [-0.15, -0.1) is 0 Å². The fourth-order valence-corrected chi connectivity index (χ4v) is 3.29. The molecule has 2 atom stereocenters. The molecular weight excluding hydrogens is 268 g/mol. The second-order valence-corrected chi connectivity index (χ2v) is 5.70. The van der Waals surface area contributed by atoms with Crippen molar-refractivity contribution >= 4 is 0 Å². The lowest BCUT2D eigenvalue weighted by Crippen LogP contribution is -2.51. The van der Waals surface area contributed by atoms with E-state index in [1.165, 1.54) is 0 Å². The summed E-state index contributed by atoms with van der Waals surface area (Å²) < 4.78 is 11.0. The predicted molar refractivity (Wildman–Crippen MR) is 80.9 cm³/mol. The van der Waals surface area contributed by atoms with Crippen LogP contribution in [-0.4, -0.2) is 67.5 Å². The summed E-state index contributed by atoms with van der Waals surface area (Å²) in [5, 5.41) is 10.4. The predicted octanol–water partition coefficient (Wildman–Crippen LogP) is 1.13. The smallest absolute Gasteiger partial charge is 0.124 e. The molecule has 0 bridgehead atoms. The Hall–Kier alpha value is -1.30. The summed E-state index contributed by atoms with van der Waals surface area (Å²) in [6, 6.07) is 5.84. The van der Waals surface area contributed by atoms with Crippen LogP contribution in [0.15, 0.2) is 18.2 Å². The number of ether oxygens (including phenoxy) is 2. The Morgan fingerprint density at radius 3 is 2.71 bits per heavy atom. The third kappa shape index (κ3) is 2.86. The fourth-order valence-electron chi connectivity index (χ4n) is 3.29. The van der Waals surface area contributed by atoms with Crippen LogP contribution in [0.4, 0.5) is 0 Å². The van der Waals surface area contributed by atoms with Gasteiger partial charge in [-0.3, -0.25) is 4.90 Å². The molecule has 0 radical (unpaired) electrons. The quantitative estimate of drug-likeness (QED) is 0.905. The van der Waals surface area contributed by atoms with E-state index in [-0.39, 0.29) is 6.04 Å². The van der Waals surface area contributed by atoms with Gasteiger partial charge < -0.3 is 19.5 Å². The minimum absolute atomic E-state index is 0.00264. The molecule has 2 heterocycles. The number of benzene rings is 1. The summed E-state index contributed by atoms with van der Waals surface area (Å²) in [6.07, 6.45) is -0.488. The van der Waals surface area contributed by atoms with Gasteiger partial charge >= 0.3 is 0 Å². The Balaban J connectivity index is 1.85. The highest BCUT2D eigenvalue weighted by Crippen LogP contribution is 2.38. The first-order valence-electron chi connectivity index (χ1n) is 7.68. The topological polar surface area (TPSA) is 45.2 Å². The summed E-state index contributed by atoms with van der Waals surface area (Å²) in [5.74, 6) is 1.67. The Labute approximate surface area is 126 Å². The number of methoxy groups -OCH3 is 1. The third-order valence-electron chi connectivity index (χ3n) is 4.56. The molecule has 116 valence electrons. The maximum absolute atomic E-state index is 10.4. The number of piperazine rings is 1. The van der Waals surface area contributed by atoms with Crippen molar-refractivity contribution in [1.29, 1.82) is 0 Å². The summed E-state index contributed by atoms with van der Waals surface area (Å²) in [7, 11) is 1.66. The molecule has 0 aliphatic carbocycles. The first kappa shape index (κ1) is 14.6. The molecule has 0 saturated carbocycles. The number of fused-ring (bicyclic) bond motifs is 1. The summed E-state index contributed by atoms with van der Waals surface area (Å²) in [4.78, 5) is 4.81. The van der Waals surface area contributed by atoms with Crippen molar-refractivity contribution in [3.8, 4) is 11.5 Å². The lowest BCUT2D eigenvalue weighted by molar-refractivity contribution is -0.0175. The van der Waals surface area contributed by atoms with Crippen LogP contribution < -0.4 is 9.47 Å². The van der Waals surface area contributed by atoms with Crippen LogP contribution >= 0.6 is 0 Å². The van der Waals surface area contributed by atoms with Crippen LogP contribution in [0.1, 0.15) is 18.5 Å². The minimum Gasteiger partial charge on any atom is -0.497 e. The molecule has 2 unspecified atom stereocenters. The zero-order valence-electron chi connectivity index (χ0n) is 12.8. The third-order valence-corrected chi connectivity index (χ3v) is 4.56. The monoisotopic (exact) mass is 292 g/mol. The van der Waals surface area contributed by atoms with Crippen molar-refractivity contribution in [2.45, 2.75) is 19.1 Å². The van der Waals surface area contributed by atoms with Crippen molar-refractivity contribution in [2.24, 2.45) is 0 Å². The van der Waals surface area contributed by atoms with E-state index >= 15 is 0 Å². The molecule has 1 aromatic rings. The molecule has 1 N–H and O–H groups in total. The standard InChI is InChI=1S/C16H24N2O3/c1-3-17-6-8-18(9-7-17)16-13-10-12(20-2)4-5-15(13)21-11-14(16)19/h4-5,10,14,16,19H,3,6-9,11H2,1-2H3. The molecule has 0 aromatic heterocycles. The van der Waals surface area contributed by atoms with Gasteiger partial charge in [0.2, 0.25) is 0 Å². The Kier molecular flexibility index (Phi) is 4.33. The van der Waals surface area contributed by atoms with Crippen molar-refractivity contribution in [1.82, 2.24) is 9.80 Å². The van der Waals surface area contributed by atoms with Crippen LogP contribution in [0, 0.1) is 0 Å². The molecule has 5 heteroatoms. The van der Waals surface area contributed by atoms with Gasteiger partial charge in [-0.05, 0) is 24.7 Å². The molecule has 1 aromatic carbocycles. The van der Waals surface area contributed by atoms with E-state index < -0.39 is 6.10 Å². The van der Waals surface area contributed by atoms with Gasteiger partial charge in [-0.25, -0.2) is 0 Å². The highest BCUT2D eigenvalue weighted by Gasteiger charge is 2.35. The molecule has 3 rings (SSSR count). The lowest BCUT2D eigenvalue weighted by atomic mass is 9.95. The maximum atomic E-state index is 10.4. The Bertz CT molecular complexity index is 486. The fraction of sp³-hybridized carbons (Fsp3) is 0.625. The van der Waals surface area contributed by atoms with Crippen LogP contribution in [0.25, 0.3) is 0 Å². The molecule has 0 spiro atoms. The summed E-state index contributed by atoms with van der Waals surface area (Å²) >= 11 is 0. The van der Waals surface area contributed by atoms with Crippen LogP contribution in [-0.2, 0) is 0 Å². The number of nitrogens with zero attached hydrogens (tertiary/aromatic N) is 2. The molecule has 5 nitrogen and oxygen atoms in total. The van der Waals surface area contributed by atoms with Crippen LogP contribution in [0.3, 0.4) is 0 Å². The van der Waals surface area contributed by atoms with E-state index in [0.717, 1.165) is 49.8 Å². The van der Waals surface area contributed by atoms with E-state index in [9.17, 15) is 5.11 Å². The van der Waals surface area contributed by atoms with E-state index in [4.69, 9.17) is 9.47 Å². The van der Waals surface area contributed by atoms with Crippen LogP contribution in [0.5, 0.6) is 11.5 Å². The highest BCUT2D eigenvalue weighted by atomic mass is 16.5. The normalized spacial score (nSPS) is 27.0. The number of hydrogen-bond acceptors (Lipinski definition) is 5. The van der Waals surface area contributed by atoms with Gasteiger partial charge in [-0.2, -0.15) is 0 Å². The zero-order chi connectivity index (χ0) is 14.8. The first-order chi connectivity index (χ1) is 10.2. The average molecular weight is 292 g/mol. The molecule has 1 fully saturated rings. The van der Waals surface area contributed by atoms with Gasteiger partial charge in [0.15, 0.2) is 0 Å². The number of aliphatic hydroxyl groups is 1. The van der Waals surface area contributed by atoms with Gasteiger partial charge in [-0.1, -0.05) is 6.92 Å². The second kappa shape index (κ2) is 6.22. The van der Waals surface area contributed by atoms with Crippen molar-refractivity contribution < 1.29 is 14.6 Å². The molecule has 0 amide bonds. The SMILES string of the molecule is CCN1CCN(C2c3cc(OC)ccc3OCC2O)CC1. The Morgan fingerprint density at radius 2 is 2.05 bits per heavy atom. The van der Waals surface area contributed by atoms with Crippen molar-refractivity contribution in [2.75, 3.05) is 46.4 Å². The minimum atomic E-state index is -0.488. The summed E-state index contributed by atoms with van der Waals surface area (Å²) in [5.41, 5.74) is 1.04. The largest absolute Gasteiger partial charge is 0.497 e. The second-order valence-electron chi connectivity index (χ2n) is 5.70. The van der Waals surface area contributed by atoms with E-state index in [1.54, 1.807) is 7.11 Å². The number of rotatable bonds is 3. The van der Waals surface area contributed by atoms with E-state index in [1.807, 2.05) is 18.2 Å². The number of aliphatic hydroxyl groups excluding tert-OH is 1. The number of hydrogen-bond donors (Lipinski definition) is 1. The molecule has 1 saturated heterocycles.